The molecule has 1 aromatic heterocycles. The predicted molar refractivity (Wildman–Crippen MR) is 75.0 cm³/mol. The summed E-state index contributed by atoms with van der Waals surface area (Å²) in [5.41, 5.74) is 2.83. The average Bonchev–Trinajstić information content (AvgIpc) is 2.46. The number of hydrogen-bond acceptors (Lipinski definition) is 2. The number of carbonyl (C=O) groups is 1. The van der Waals surface area contributed by atoms with Gasteiger partial charge in [-0.3, -0.25) is 9.78 Å². The number of Topliss-reactive ketones (excluding diaryl/α,β-unsaturated/α-hetero) is 1. The number of aromatic nitrogens is 1. The molecule has 1 atom stereocenters. The van der Waals surface area contributed by atoms with Crippen LogP contribution in [0.5, 0.6) is 0 Å². The lowest BCUT2D eigenvalue weighted by atomic mass is 9.82. The number of fused-ring (bicyclic) bond motifs is 1. The minimum Gasteiger partial charge on any atom is -0.299 e. The summed E-state index contributed by atoms with van der Waals surface area (Å²) in [5.74, 6) is -0.295. The van der Waals surface area contributed by atoms with Crippen molar-refractivity contribution in [2.45, 2.75) is 31.6 Å². The van der Waals surface area contributed by atoms with Gasteiger partial charge in [0.25, 0.3) is 0 Å². The van der Waals surface area contributed by atoms with Crippen LogP contribution < -0.4 is 0 Å². The number of nitrogens with zero attached hydrogens (tertiary/aromatic N) is 1. The maximum absolute atomic E-state index is 13.2. The van der Waals surface area contributed by atoms with Crippen LogP contribution >= 0.6 is 0 Å². The van der Waals surface area contributed by atoms with Crippen molar-refractivity contribution in [2.24, 2.45) is 0 Å². The summed E-state index contributed by atoms with van der Waals surface area (Å²) in [6, 6.07) is 10.2. The van der Waals surface area contributed by atoms with Gasteiger partial charge in [-0.1, -0.05) is 18.2 Å². The van der Waals surface area contributed by atoms with Crippen molar-refractivity contribution in [3.05, 3.63) is 65.2 Å². The van der Waals surface area contributed by atoms with Gasteiger partial charge < -0.3 is 0 Å². The van der Waals surface area contributed by atoms with E-state index in [4.69, 9.17) is 0 Å². The maximum atomic E-state index is 13.2. The Morgan fingerprint density at radius 2 is 2.20 bits per heavy atom. The first-order chi connectivity index (χ1) is 9.74. The van der Waals surface area contributed by atoms with E-state index in [0.717, 1.165) is 30.5 Å². The number of hydrogen-bond donors (Lipinski definition) is 0. The van der Waals surface area contributed by atoms with E-state index >= 15 is 0 Å². The number of halogens is 1. The van der Waals surface area contributed by atoms with Gasteiger partial charge in [-0.05, 0) is 48.6 Å². The van der Waals surface area contributed by atoms with Gasteiger partial charge in [0.05, 0.1) is 11.6 Å². The van der Waals surface area contributed by atoms with Crippen LogP contribution in [-0.4, -0.2) is 10.8 Å². The molecule has 0 bridgehead atoms. The van der Waals surface area contributed by atoms with Crippen LogP contribution in [0.25, 0.3) is 0 Å². The smallest absolute Gasteiger partial charge is 0.146 e. The highest BCUT2D eigenvalue weighted by atomic mass is 19.1. The van der Waals surface area contributed by atoms with Gasteiger partial charge in [0.1, 0.15) is 11.6 Å². The Balaban J connectivity index is 1.82. The summed E-state index contributed by atoms with van der Waals surface area (Å²) in [4.78, 5) is 16.9. The minimum absolute atomic E-state index is 0.134. The fourth-order valence-corrected chi connectivity index (χ4v) is 2.89. The summed E-state index contributed by atoms with van der Waals surface area (Å²) < 4.78 is 13.2. The molecule has 0 spiro atoms. The van der Waals surface area contributed by atoms with Crippen molar-refractivity contribution in [1.29, 1.82) is 0 Å². The highest BCUT2D eigenvalue weighted by molar-refractivity contribution is 5.87. The van der Waals surface area contributed by atoms with Gasteiger partial charge in [-0.25, -0.2) is 4.39 Å². The van der Waals surface area contributed by atoms with Crippen LogP contribution in [-0.2, 0) is 17.6 Å². The van der Waals surface area contributed by atoms with E-state index in [9.17, 15) is 9.18 Å². The average molecular weight is 269 g/mol. The van der Waals surface area contributed by atoms with Crippen LogP contribution in [0, 0.1) is 5.82 Å². The molecular weight excluding hydrogens is 253 g/mol. The molecule has 20 heavy (non-hydrogen) atoms. The highest BCUT2D eigenvalue weighted by Crippen LogP contribution is 2.31. The van der Waals surface area contributed by atoms with Gasteiger partial charge >= 0.3 is 0 Å². The number of benzene rings is 1. The van der Waals surface area contributed by atoms with Crippen molar-refractivity contribution in [2.75, 3.05) is 0 Å². The van der Waals surface area contributed by atoms with Gasteiger partial charge in [0.2, 0.25) is 0 Å². The first-order valence-corrected chi connectivity index (χ1v) is 6.95. The highest BCUT2D eigenvalue weighted by Gasteiger charge is 2.27. The summed E-state index contributed by atoms with van der Waals surface area (Å²) in [7, 11) is 0. The Kier molecular flexibility index (Phi) is 3.59. The Morgan fingerprint density at radius 1 is 1.30 bits per heavy atom. The van der Waals surface area contributed by atoms with E-state index in [1.807, 2.05) is 12.1 Å². The Hall–Kier alpha value is -2.03. The zero-order valence-electron chi connectivity index (χ0n) is 11.2. The molecule has 1 aliphatic rings. The molecule has 0 saturated carbocycles. The molecule has 1 unspecified atom stereocenters. The molecule has 0 saturated heterocycles. The van der Waals surface area contributed by atoms with Gasteiger partial charge in [0, 0.05) is 12.6 Å². The van der Waals surface area contributed by atoms with Crippen molar-refractivity contribution >= 4 is 5.78 Å². The fraction of sp³-hybridized carbons (Fsp3) is 0.294. The number of pyridine rings is 1. The normalized spacial score (nSPS) is 17.6. The third kappa shape index (κ3) is 2.62. The molecule has 0 amide bonds. The third-order valence-corrected chi connectivity index (χ3v) is 3.85. The maximum Gasteiger partial charge on any atom is 0.146 e. The monoisotopic (exact) mass is 269 g/mol. The first kappa shape index (κ1) is 13.0. The molecule has 3 heteroatoms. The second-order valence-electron chi connectivity index (χ2n) is 5.27. The summed E-state index contributed by atoms with van der Waals surface area (Å²) >= 11 is 0. The van der Waals surface area contributed by atoms with Crippen LogP contribution in [0.3, 0.4) is 0 Å². The molecular formula is C17H16FNO. The molecule has 3 rings (SSSR count). The lowest BCUT2D eigenvalue weighted by Crippen LogP contribution is -2.21. The number of rotatable bonds is 3. The third-order valence-electron chi connectivity index (χ3n) is 3.85. The molecule has 1 heterocycles. The zero-order valence-corrected chi connectivity index (χ0v) is 11.2. The van der Waals surface area contributed by atoms with Crippen LogP contribution in [0.1, 0.15) is 35.6 Å². The van der Waals surface area contributed by atoms with E-state index in [2.05, 4.69) is 4.98 Å². The number of ketones is 1. The van der Waals surface area contributed by atoms with Crippen LogP contribution in [0.15, 0.2) is 42.6 Å². The second-order valence-corrected chi connectivity index (χ2v) is 5.27. The van der Waals surface area contributed by atoms with Crippen molar-refractivity contribution in [3.8, 4) is 0 Å². The van der Waals surface area contributed by atoms with Crippen molar-refractivity contribution in [1.82, 2.24) is 4.98 Å². The molecule has 1 aliphatic carbocycles. The molecule has 2 aromatic rings. The van der Waals surface area contributed by atoms with Crippen molar-refractivity contribution in [3.63, 3.8) is 0 Å². The standard InChI is InChI=1S/C17H16FNO/c18-14-7-1-4-12(10-14)11-16(20)15-8-2-5-13-6-3-9-19-17(13)15/h1,3-4,6-7,9-10,15H,2,5,8,11H2. The van der Waals surface area contributed by atoms with E-state index in [1.54, 1.807) is 18.3 Å². The lowest BCUT2D eigenvalue weighted by Gasteiger charge is -2.23. The Bertz CT molecular complexity index is 638. The van der Waals surface area contributed by atoms with E-state index < -0.39 is 0 Å². The first-order valence-electron chi connectivity index (χ1n) is 6.95. The van der Waals surface area contributed by atoms with Crippen LogP contribution in [0.4, 0.5) is 4.39 Å². The summed E-state index contributed by atoms with van der Waals surface area (Å²) in [6.07, 6.45) is 4.87. The van der Waals surface area contributed by atoms with Crippen LogP contribution in [0.2, 0.25) is 0 Å². The number of aryl methyl sites for hydroxylation is 1. The SMILES string of the molecule is O=C(Cc1cccc(F)c1)C1CCCc2cccnc21. The number of carbonyl (C=O) groups excluding carboxylic acids is 1. The molecule has 0 N–H and O–H groups in total. The predicted octanol–water partition coefficient (Wildman–Crippen LogP) is 3.45. The summed E-state index contributed by atoms with van der Waals surface area (Å²) in [5, 5.41) is 0. The quantitative estimate of drug-likeness (QED) is 0.854. The van der Waals surface area contributed by atoms with Gasteiger partial charge in [-0.15, -0.1) is 0 Å². The molecule has 0 radical (unpaired) electrons. The lowest BCUT2D eigenvalue weighted by molar-refractivity contribution is -0.120. The molecule has 1 aromatic carbocycles. The molecule has 0 aliphatic heterocycles. The zero-order chi connectivity index (χ0) is 13.9. The van der Waals surface area contributed by atoms with E-state index in [0.29, 0.717) is 0 Å². The molecule has 0 fully saturated rings. The minimum atomic E-state index is -0.294. The van der Waals surface area contributed by atoms with Crippen molar-refractivity contribution < 1.29 is 9.18 Å². The van der Waals surface area contributed by atoms with Gasteiger partial charge in [-0.2, -0.15) is 0 Å². The fourth-order valence-electron chi connectivity index (χ4n) is 2.89. The molecule has 102 valence electrons. The summed E-state index contributed by atoms with van der Waals surface area (Å²) in [6.45, 7) is 0. The van der Waals surface area contributed by atoms with E-state index in [1.165, 1.54) is 17.7 Å². The van der Waals surface area contributed by atoms with E-state index in [-0.39, 0.29) is 23.9 Å². The second kappa shape index (κ2) is 5.53. The van der Waals surface area contributed by atoms with Gasteiger partial charge in [0.15, 0.2) is 0 Å². The topological polar surface area (TPSA) is 30.0 Å². The Labute approximate surface area is 117 Å². The largest absolute Gasteiger partial charge is 0.299 e. The molecule has 2 nitrogen and oxygen atoms in total. The Morgan fingerprint density at radius 3 is 3.05 bits per heavy atom.